The van der Waals surface area contributed by atoms with Crippen LogP contribution in [0.2, 0.25) is 0 Å². The first-order valence-electron chi connectivity index (χ1n) is 7.77. The van der Waals surface area contributed by atoms with E-state index in [1.165, 1.54) is 12.1 Å². The van der Waals surface area contributed by atoms with Crippen LogP contribution in [0.5, 0.6) is 0 Å². The molecule has 0 saturated heterocycles. The van der Waals surface area contributed by atoms with Crippen LogP contribution in [-0.2, 0) is 10.2 Å². The molecule has 1 amide bonds. The lowest BCUT2D eigenvalue weighted by Crippen LogP contribution is -2.51. The molecular weight excluding hydrogens is 288 g/mol. The zero-order valence-electron chi connectivity index (χ0n) is 13.0. The van der Waals surface area contributed by atoms with Gasteiger partial charge in [-0.25, -0.2) is 8.78 Å². The predicted molar refractivity (Wildman–Crippen MR) is 80.4 cm³/mol. The molecule has 1 unspecified atom stereocenters. The zero-order chi connectivity index (χ0) is 16.3. The normalized spacial score (nSPS) is 17.9. The minimum Gasteiger partial charge on any atom is -0.391 e. The summed E-state index contributed by atoms with van der Waals surface area (Å²) < 4.78 is 27.1. The fourth-order valence-electron chi connectivity index (χ4n) is 3.03. The van der Waals surface area contributed by atoms with E-state index < -0.39 is 23.2 Å². The monoisotopic (exact) mass is 311 g/mol. The van der Waals surface area contributed by atoms with E-state index in [1.807, 2.05) is 13.8 Å². The Balaban J connectivity index is 2.08. The van der Waals surface area contributed by atoms with Gasteiger partial charge in [-0.2, -0.15) is 0 Å². The molecule has 1 aromatic carbocycles. The molecule has 1 atom stereocenters. The van der Waals surface area contributed by atoms with E-state index in [2.05, 4.69) is 5.32 Å². The number of aliphatic hydroxyl groups is 1. The standard InChI is InChI=1S/C17H23F2NO2/c1-11(2)8-13(21)10-20-16(22)17(6-3-7-17)14-5-4-12(18)9-15(14)19/h4-5,9,11,13,21H,3,6-8,10H2,1-2H3,(H,20,22). The number of hydrogen-bond donors (Lipinski definition) is 2. The van der Waals surface area contributed by atoms with Crippen molar-refractivity contribution in [1.82, 2.24) is 5.32 Å². The molecule has 5 heteroatoms. The second kappa shape index (κ2) is 6.73. The van der Waals surface area contributed by atoms with Crippen LogP contribution in [0.25, 0.3) is 0 Å². The van der Waals surface area contributed by atoms with Gasteiger partial charge in [-0.1, -0.05) is 26.3 Å². The molecule has 2 rings (SSSR count). The number of carbonyl (C=O) groups excluding carboxylic acids is 1. The molecule has 1 aliphatic rings. The summed E-state index contributed by atoms with van der Waals surface area (Å²) in [6.45, 7) is 4.14. The number of aliphatic hydroxyl groups excluding tert-OH is 1. The second-order valence-electron chi connectivity index (χ2n) is 6.55. The number of nitrogens with one attached hydrogen (secondary N) is 1. The quantitative estimate of drug-likeness (QED) is 0.848. The molecule has 122 valence electrons. The van der Waals surface area contributed by atoms with Crippen LogP contribution in [-0.4, -0.2) is 23.7 Å². The minimum absolute atomic E-state index is 0.154. The summed E-state index contributed by atoms with van der Waals surface area (Å²) >= 11 is 0. The summed E-state index contributed by atoms with van der Waals surface area (Å²) in [4.78, 5) is 12.5. The molecular formula is C17H23F2NO2. The molecule has 1 fully saturated rings. The topological polar surface area (TPSA) is 49.3 Å². The van der Waals surface area contributed by atoms with Crippen LogP contribution < -0.4 is 5.32 Å². The van der Waals surface area contributed by atoms with Crippen LogP contribution in [0, 0.1) is 17.6 Å². The Morgan fingerprint density at radius 1 is 1.36 bits per heavy atom. The Morgan fingerprint density at radius 2 is 2.05 bits per heavy atom. The van der Waals surface area contributed by atoms with Gasteiger partial charge in [0.25, 0.3) is 0 Å². The third kappa shape index (κ3) is 3.46. The van der Waals surface area contributed by atoms with E-state index in [4.69, 9.17) is 0 Å². The maximum atomic E-state index is 14.0. The number of amides is 1. The molecule has 0 aromatic heterocycles. The minimum atomic E-state index is -0.921. The average molecular weight is 311 g/mol. The summed E-state index contributed by atoms with van der Waals surface area (Å²) in [7, 11) is 0. The Morgan fingerprint density at radius 3 is 2.55 bits per heavy atom. The van der Waals surface area contributed by atoms with Crippen molar-refractivity contribution in [3.05, 3.63) is 35.4 Å². The van der Waals surface area contributed by atoms with Gasteiger partial charge in [0.05, 0.1) is 11.5 Å². The highest BCUT2D eigenvalue weighted by molar-refractivity contribution is 5.89. The molecule has 0 heterocycles. The van der Waals surface area contributed by atoms with Crippen molar-refractivity contribution in [1.29, 1.82) is 0 Å². The molecule has 1 aliphatic carbocycles. The fourth-order valence-corrected chi connectivity index (χ4v) is 3.03. The first-order valence-corrected chi connectivity index (χ1v) is 7.77. The lowest BCUT2D eigenvalue weighted by Gasteiger charge is -2.41. The van der Waals surface area contributed by atoms with Gasteiger partial charge in [-0.3, -0.25) is 4.79 Å². The Bertz CT molecular complexity index is 541. The fraction of sp³-hybridized carbons (Fsp3) is 0.588. The van der Waals surface area contributed by atoms with E-state index in [-0.39, 0.29) is 18.0 Å². The van der Waals surface area contributed by atoms with Crippen LogP contribution in [0.4, 0.5) is 8.78 Å². The summed E-state index contributed by atoms with van der Waals surface area (Å²) in [5.41, 5.74) is -0.675. The largest absolute Gasteiger partial charge is 0.391 e. The third-order valence-electron chi connectivity index (χ3n) is 4.33. The van der Waals surface area contributed by atoms with E-state index in [0.29, 0.717) is 25.2 Å². The van der Waals surface area contributed by atoms with Crippen LogP contribution >= 0.6 is 0 Å². The molecule has 1 saturated carbocycles. The van der Waals surface area contributed by atoms with E-state index in [9.17, 15) is 18.7 Å². The molecule has 22 heavy (non-hydrogen) atoms. The average Bonchev–Trinajstić information content (AvgIpc) is 2.36. The molecule has 0 radical (unpaired) electrons. The van der Waals surface area contributed by atoms with E-state index in [1.54, 1.807) is 0 Å². The van der Waals surface area contributed by atoms with E-state index in [0.717, 1.165) is 12.5 Å². The zero-order valence-corrected chi connectivity index (χ0v) is 13.0. The lowest BCUT2D eigenvalue weighted by molar-refractivity contribution is -0.130. The van der Waals surface area contributed by atoms with Crippen molar-refractivity contribution in [2.45, 2.75) is 51.0 Å². The van der Waals surface area contributed by atoms with Crippen LogP contribution in [0.15, 0.2) is 18.2 Å². The summed E-state index contributed by atoms with van der Waals surface area (Å²) in [5, 5.41) is 12.6. The molecule has 0 bridgehead atoms. The highest BCUT2D eigenvalue weighted by Gasteiger charge is 2.47. The lowest BCUT2D eigenvalue weighted by atomic mass is 9.63. The Hall–Kier alpha value is -1.49. The predicted octanol–water partition coefficient (Wildman–Crippen LogP) is 2.91. The van der Waals surface area contributed by atoms with Gasteiger partial charge in [0.2, 0.25) is 5.91 Å². The second-order valence-corrected chi connectivity index (χ2v) is 6.55. The number of hydrogen-bond acceptors (Lipinski definition) is 2. The van der Waals surface area contributed by atoms with Crippen LogP contribution in [0.1, 0.15) is 45.1 Å². The molecule has 0 spiro atoms. The molecule has 0 aliphatic heterocycles. The summed E-state index contributed by atoms with van der Waals surface area (Å²) in [6.07, 6.45) is 1.90. The molecule has 2 N–H and O–H groups in total. The molecule has 3 nitrogen and oxygen atoms in total. The number of rotatable bonds is 6. The van der Waals surface area contributed by atoms with Crippen molar-refractivity contribution in [3.63, 3.8) is 0 Å². The van der Waals surface area contributed by atoms with Gasteiger partial charge >= 0.3 is 0 Å². The number of carbonyl (C=O) groups is 1. The SMILES string of the molecule is CC(C)CC(O)CNC(=O)C1(c2ccc(F)cc2F)CCC1. The van der Waals surface area contributed by atoms with Gasteiger partial charge in [0.15, 0.2) is 0 Å². The first kappa shape index (κ1) is 16.9. The van der Waals surface area contributed by atoms with Crippen molar-refractivity contribution < 1.29 is 18.7 Å². The Kier molecular flexibility index (Phi) is 5.16. The van der Waals surface area contributed by atoms with Gasteiger partial charge in [-0.15, -0.1) is 0 Å². The summed E-state index contributed by atoms with van der Waals surface area (Å²) in [5.74, 6) is -1.28. The number of halogens is 2. The molecule has 1 aromatic rings. The van der Waals surface area contributed by atoms with Crippen molar-refractivity contribution in [2.24, 2.45) is 5.92 Å². The maximum absolute atomic E-state index is 14.0. The first-order chi connectivity index (χ1) is 10.3. The van der Waals surface area contributed by atoms with Crippen molar-refractivity contribution in [3.8, 4) is 0 Å². The maximum Gasteiger partial charge on any atom is 0.230 e. The third-order valence-corrected chi connectivity index (χ3v) is 4.33. The highest BCUT2D eigenvalue weighted by atomic mass is 19.1. The van der Waals surface area contributed by atoms with Gasteiger partial charge < -0.3 is 10.4 Å². The van der Waals surface area contributed by atoms with Gasteiger partial charge in [0, 0.05) is 18.2 Å². The van der Waals surface area contributed by atoms with Crippen LogP contribution in [0.3, 0.4) is 0 Å². The van der Waals surface area contributed by atoms with Crippen molar-refractivity contribution in [2.75, 3.05) is 6.54 Å². The highest BCUT2D eigenvalue weighted by Crippen LogP contribution is 2.45. The van der Waals surface area contributed by atoms with E-state index >= 15 is 0 Å². The van der Waals surface area contributed by atoms with Gasteiger partial charge in [0.1, 0.15) is 11.6 Å². The number of benzene rings is 1. The van der Waals surface area contributed by atoms with Crippen molar-refractivity contribution >= 4 is 5.91 Å². The Labute approximate surface area is 129 Å². The van der Waals surface area contributed by atoms with Gasteiger partial charge in [-0.05, 0) is 31.2 Å². The smallest absolute Gasteiger partial charge is 0.230 e. The summed E-state index contributed by atoms with van der Waals surface area (Å²) in [6, 6.07) is 3.35.